The molecule has 1 fully saturated rings. The summed E-state index contributed by atoms with van der Waals surface area (Å²) in [7, 11) is 0. The van der Waals surface area contributed by atoms with E-state index in [-0.39, 0.29) is 5.88 Å². The first-order valence-electron chi connectivity index (χ1n) is 12.8. The molecule has 1 aliphatic carbocycles. The Labute approximate surface area is 210 Å². The summed E-state index contributed by atoms with van der Waals surface area (Å²) in [6.45, 7) is 5.12. The van der Waals surface area contributed by atoms with Gasteiger partial charge in [-0.05, 0) is 56.6 Å². The number of Topliss-reactive ketones (excluding diaryl/α,β-unsaturated/α-hetero) is 1. The molecule has 0 saturated heterocycles. The van der Waals surface area contributed by atoms with E-state index in [9.17, 15) is 13.6 Å². The molecular weight excluding hydrogens is 470 g/mol. The fraction of sp³-hybridized carbons (Fsp3) is 0.692. The average molecular weight is 507 g/mol. The van der Waals surface area contributed by atoms with Crippen LogP contribution < -0.4 is 4.74 Å². The van der Waals surface area contributed by atoms with E-state index in [1.54, 1.807) is 6.07 Å². The fourth-order valence-electron chi connectivity index (χ4n) is 5.17. The minimum atomic E-state index is -2.86. The highest BCUT2D eigenvalue weighted by Gasteiger charge is 2.25. The number of aromatic nitrogens is 3. The Morgan fingerprint density at radius 1 is 1.14 bits per heavy atom. The van der Waals surface area contributed by atoms with Gasteiger partial charge in [0.05, 0.1) is 6.42 Å². The van der Waals surface area contributed by atoms with Gasteiger partial charge in [0, 0.05) is 44.6 Å². The quantitative estimate of drug-likeness (QED) is 0.448. The summed E-state index contributed by atoms with van der Waals surface area (Å²) in [4.78, 5) is 19.4. The van der Waals surface area contributed by atoms with E-state index in [0.717, 1.165) is 73.9 Å². The zero-order chi connectivity index (χ0) is 24.8. The Morgan fingerprint density at radius 3 is 2.60 bits per heavy atom. The van der Waals surface area contributed by atoms with Gasteiger partial charge in [0.1, 0.15) is 15.8 Å². The van der Waals surface area contributed by atoms with Crippen molar-refractivity contribution < 1.29 is 18.3 Å². The van der Waals surface area contributed by atoms with Crippen molar-refractivity contribution in [1.82, 2.24) is 20.1 Å². The maximum Gasteiger partial charge on any atom is 0.278 e. The second-order valence-electron chi connectivity index (χ2n) is 10.3. The summed E-state index contributed by atoms with van der Waals surface area (Å²) in [5.41, 5.74) is 2.16. The summed E-state index contributed by atoms with van der Waals surface area (Å²) in [5.74, 6) is -1.05. The number of hydrogen-bond donors (Lipinski definition) is 0. The van der Waals surface area contributed by atoms with Gasteiger partial charge in [-0.2, -0.15) is 0 Å². The predicted octanol–water partition coefficient (Wildman–Crippen LogP) is 5.07. The molecule has 1 saturated carbocycles. The van der Waals surface area contributed by atoms with Crippen LogP contribution in [-0.4, -0.2) is 58.0 Å². The zero-order valence-electron chi connectivity index (χ0n) is 20.8. The van der Waals surface area contributed by atoms with E-state index < -0.39 is 12.5 Å². The normalized spacial score (nSPS) is 21.4. The Hall–Kier alpha value is -2.00. The molecule has 0 amide bonds. The Balaban J connectivity index is 1.16. The standard InChI is InChI=1S/C26H36F2N4O2S/c1-18-30-31-25(35-18)16-22(33)15-20-5-3-19(4-6-20)9-12-32-13-10-21-7-8-24(29-23(21)11-14-32)34-17-26(2,27)28/h7-8,19-20H,3-6,9-17H2,1-2H3. The largest absolute Gasteiger partial charge is 0.471 e. The minimum absolute atomic E-state index is 0.285. The van der Waals surface area contributed by atoms with Crippen molar-refractivity contribution >= 4 is 17.1 Å². The molecule has 1 aliphatic heterocycles. The molecule has 0 N–H and O–H groups in total. The first-order valence-corrected chi connectivity index (χ1v) is 13.6. The summed E-state index contributed by atoms with van der Waals surface area (Å²) in [6, 6.07) is 3.68. The van der Waals surface area contributed by atoms with Crippen molar-refractivity contribution in [1.29, 1.82) is 0 Å². The van der Waals surface area contributed by atoms with Gasteiger partial charge in [-0.1, -0.05) is 18.9 Å². The lowest BCUT2D eigenvalue weighted by Gasteiger charge is -2.30. The molecule has 35 heavy (non-hydrogen) atoms. The Bertz CT molecular complexity index is 986. The number of halogens is 2. The third kappa shape index (κ3) is 8.27. The first-order chi connectivity index (χ1) is 16.7. The molecule has 0 aromatic carbocycles. The van der Waals surface area contributed by atoms with Crippen LogP contribution in [0.3, 0.4) is 0 Å². The van der Waals surface area contributed by atoms with Crippen LogP contribution in [-0.2, 0) is 24.1 Å². The number of alkyl halides is 2. The van der Waals surface area contributed by atoms with Crippen molar-refractivity contribution in [3.05, 3.63) is 33.4 Å². The zero-order valence-corrected chi connectivity index (χ0v) is 21.6. The van der Waals surface area contributed by atoms with E-state index >= 15 is 0 Å². The SMILES string of the molecule is Cc1nnc(CC(=O)CC2CCC(CCN3CCc4ccc(OCC(C)(F)F)nc4CC3)CC2)s1. The summed E-state index contributed by atoms with van der Waals surface area (Å²) in [6.07, 6.45) is 8.71. The average Bonchev–Trinajstić information content (AvgIpc) is 3.10. The third-order valence-electron chi connectivity index (χ3n) is 7.13. The Kier molecular flexibility index (Phi) is 8.81. The molecule has 6 nitrogen and oxygen atoms in total. The van der Waals surface area contributed by atoms with Crippen molar-refractivity contribution in [3.63, 3.8) is 0 Å². The molecule has 0 atom stereocenters. The van der Waals surface area contributed by atoms with Gasteiger partial charge in [0.25, 0.3) is 5.92 Å². The molecule has 192 valence electrons. The number of hydrogen-bond acceptors (Lipinski definition) is 7. The second kappa shape index (κ2) is 11.8. The first kappa shape index (κ1) is 26.1. The predicted molar refractivity (Wildman–Crippen MR) is 132 cm³/mol. The van der Waals surface area contributed by atoms with Crippen LogP contribution in [0.5, 0.6) is 5.88 Å². The Morgan fingerprint density at radius 2 is 1.89 bits per heavy atom. The maximum atomic E-state index is 13.1. The molecule has 2 aliphatic rings. The molecule has 0 radical (unpaired) electrons. The van der Waals surface area contributed by atoms with Gasteiger partial charge in [-0.15, -0.1) is 21.5 Å². The number of aryl methyl sites for hydroxylation is 1. The van der Waals surface area contributed by atoms with Crippen LogP contribution in [0.25, 0.3) is 0 Å². The number of rotatable bonds is 10. The minimum Gasteiger partial charge on any atom is -0.471 e. The molecule has 3 heterocycles. The topological polar surface area (TPSA) is 68.2 Å². The van der Waals surface area contributed by atoms with Crippen LogP contribution in [0.2, 0.25) is 0 Å². The second-order valence-corrected chi connectivity index (χ2v) is 11.5. The van der Waals surface area contributed by atoms with Gasteiger partial charge in [0.2, 0.25) is 5.88 Å². The number of nitrogens with zero attached hydrogens (tertiary/aromatic N) is 4. The van der Waals surface area contributed by atoms with Crippen LogP contribution in [0, 0.1) is 18.8 Å². The number of ether oxygens (including phenoxy) is 1. The highest BCUT2D eigenvalue weighted by molar-refractivity contribution is 7.11. The molecule has 2 aromatic heterocycles. The number of carbonyl (C=O) groups excluding carboxylic acids is 1. The molecular formula is C26H36F2N4O2S. The lowest BCUT2D eigenvalue weighted by molar-refractivity contribution is -0.119. The van der Waals surface area contributed by atoms with Gasteiger partial charge >= 0.3 is 0 Å². The summed E-state index contributed by atoms with van der Waals surface area (Å²) < 4.78 is 31.4. The van der Waals surface area contributed by atoms with Crippen molar-refractivity contribution in [2.75, 3.05) is 26.2 Å². The number of fused-ring (bicyclic) bond motifs is 1. The van der Waals surface area contributed by atoms with E-state index in [1.165, 1.54) is 36.2 Å². The van der Waals surface area contributed by atoms with E-state index in [2.05, 4.69) is 20.1 Å². The highest BCUT2D eigenvalue weighted by atomic mass is 32.1. The van der Waals surface area contributed by atoms with E-state index in [4.69, 9.17) is 4.74 Å². The van der Waals surface area contributed by atoms with Gasteiger partial charge in [0.15, 0.2) is 6.61 Å². The van der Waals surface area contributed by atoms with E-state index in [0.29, 0.717) is 24.5 Å². The molecule has 9 heteroatoms. The number of pyridine rings is 1. The molecule has 0 bridgehead atoms. The molecule has 2 aromatic rings. The highest BCUT2D eigenvalue weighted by Crippen LogP contribution is 2.33. The van der Waals surface area contributed by atoms with Crippen LogP contribution in [0.4, 0.5) is 8.78 Å². The lowest BCUT2D eigenvalue weighted by atomic mass is 9.78. The summed E-state index contributed by atoms with van der Waals surface area (Å²) in [5, 5.41) is 9.83. The van der Waals surface area contributed by atoms with Gasteiger partial charge in [-0.25, -0.2) is 13.8 Å². The van der Waals surface area contributed by atoms with Gasteiger partial charge < -0.3 is 9.64 Å². The molecule has 0 unspecified atom stereocenters. The van der Waals surface area contributed by atoms with Crippen LogP contribution >= 0.6 is 11.3 Å². The number of carbonyl (C=O) groups is 1. The van der Waals surface area contributed by atoms with Crippen molar-refractivity contribution in [3.8, 4) is 5.88 Å². The third-order valence-corrected chi connectivity index (χ3v) is 7.97. The van der Waals surface area contributed by atoms with Crippen LogP contribution in [0.15, 0.2) is 12.1 Å². The monoisotopic (exact) mass is 506 g/mol. The smallest absolute Gasteiger partial charge is 0.278 e. The number of ketones is 1. The van der Waals surface area contributed by atoms with Crippen molar-refractivity contribution in [2.45, 2.75) is 77.6 Å². The van der Waals surface area contributed by atoms with Crippen LogP contribution in [0.1, 0.15) is 66.7 Å². The fourth-order valence-corrected chi connectivity index (χ4v) is 5.91. The summed E-state index contributed by atoms with van der Waals surface area (Å²) >= 11 is 1.51. The van der Waals surface area contributed by atoms with Gasteiger partial charge in [-0.3, -0.25) is 4.79 Å². The molecule has 4 rings (SSSR count). The molecule has 0 spiro atoms. The van der Waals surface area contributed by atoms with Crippen molar-refractivity contribution in [2.24, 2.45) is 11.8 Å². The van der Waals surface area contributed by atoms with E-state index in [1.807, 2.05) is 13.0 Å². The maximum absolute atomic E-state index is 13.1. The lowest BCUT2D eigenvalue weighted by Crippen LogP contribution is -2.29.